The van der Waals surface area contributed by atoms with Crippen molar-refractivity contribution in [2.75, 3.05) is 13.1 Å². The van der Waals surface area contributed by atoms with E-state index in [4.69, 9.17) is 16.7 Å². The number of aliphatic carboxylic acids is 1. The number of carbonyl (C=O) groups excluding carboxylic acids is 1. The molecule has 1 aromatic heterocycles. The molecule has 0 radical (unpaired) electrons. The van der Waals surface area contributed by atoms with Crippen molar-refractivity contribution in [2.24, 2.45) is 5.92 Å². The molecule has 0 unspecified atom stereocenters. The summed E-state index contributed by atoms with van der Waals surface area (Å²) in [7, 11) is 0. The predicted octanol–water partition coefficient (Wildman–Crippen LogP) is 3.74. The van der Waals surface area contributed by atoms with Crippen LogP contribution < -0.4 is 0 Å². The van der Waals surface area contributed by atoms with Gasteiger partial charge in [0.05, 0.1) is 5.02 Å². The zero-order chi connectivity index (χ0) is 15.6. The van der Waals surface area contributed by atoms with Crippen LogP contribution in [0.1, 0.15) is 23.5 Å². The molecule has 0 saturated carbocycles. The number of thiophene rings is 1. The van der Waals surface area contributed by atoms with Crippen LogP contribution in [0.5, 0.6) is 0 Å². The number of carboxylic acid groups (broad SMARTS) is 1. The lowest BCUT2D eigenvalue weighted by molar-refractivity contribution is -0.137. The first-order chi connectivity index (χ1) is 9.90. The first-order valence-electron chi connectivity index (χ1n) is 6.58. The van der Waals surface area contributed by atoms with Crippen molar-refractivity contribution in [1.29, 1.82) is 0 Å². The van der Waals surface area contributed by atoms with Gasteiger partial charge in [-0.2, -0.15) is 0 Å². The van der Waals surface area contributed by atoms with Crippen molar-refractivity contribution in [3.63, 3.8) is 0 Å². The third kappa shape index (κ3) is 3.54. The van der Waals surface area contributed by atoms with E-state index in [-0.39, 0.29) is 18.4 Å². The maximum atomic E-state index is 12.6. The zero-order valence-corrected chi connectivity index (χ0v) is 13.4. The normalized spacial score (nSPS) is 11.0. The number of amides is 1. The van der Waals surface area contributed by atoms with Crippen LogP contribution in [0, 0.1) is 5.92 Å². The monoisotopic (exact) mass is 325 g/mol. The van der Waals surface area contributed by atoms with Crippen molar-refractivity contribution < 1.29 is 14.7 Å². The third-order valence-electron chi connectivity index (χ3n) is 2.93. The van der Waals surface area contributed by atoms with Gasteiger partial charge in [-0.3, -0.25) is 9.59 Å². The highest BCUT2D eigenvalue weighted by Gasteiger charge is 2.24. The number of hydrogen-bond acceptors (Lipinski definition) is 3. The van der Waals surface area contributed by atoms with Gasteiger partial charge in [-0.25, -0.2) is 0 Å². The van der Waals surface area contributed by atoms with Crippen molar-refractivity contribution in [1.82, 2.24) is 4.90 Å². The van der Waals surface area contributed by atoms with Crippen LogP contribution >= 0.6 is 22.9 Å². The van der Waals surface area contributed by atoms with E-state index in [1.165, 1.54) is 16.2 Å². The molecule has 1 aromatic carbocycles. The van der Waals surface area contributed by atoms with Crippen LogP contribution in [0.4, 0.5) is 0 Å². The lowest BCUT2D eigenvalue weighted by Gasteiger charge is -2.22. The van der Waals surface area contributed by atoms with E-state index in [1.807, 2.05) is 38.1 Å². The average molecular weight is 326 g/mol. The summed E-state index contributed by atoms with van der Waals surface area (Å²) >= 11 is 7.58. The number of fused-ring (bicyclic) bond motifs is 1. The molecule has 0 saturated heterocycles. The molecular weight excluding hydrogens is 310 g/mol. The number of carbonyl (C=O) groups is 2. The summed E-state index contributed by atoms with van der Waals surface area (Å²) in [6.45, 7) is 3.95. The van der Waals surface area contributed by atoms with E-state index in [0.29, 0.717) is 16.4 Å². The summed E-state index contributed by atoms with van der Waals surface area (Å²) in [6.07, 6.45) is 0. The SMILES string of the molecule is CC(C)CN(CC(=O)O)C(=O)c1sc2ccccc2c1Cl. The fourth-order valence-electron chi connectivity index (χ4n) is 2.12. The molecular formula is C15H16ClNO3S. The van der Waals surface area contributed by atoms with Crippen LogP contribution in [0.2, 0.25) is 5.02 Å². The van der Waals surface area contributed by atoms with Crippen LogP contribution in [-0.4, -0.2) is 35.0 Å². The molecule has 0 aliphatic heterocycles. The second-order valence-corrected chi connectivity index (χ2v) is 6.64. The molecule has 0 aliphatic carbocycles. The highest BCUT2D eigenvalue weighted by molar-refractivity contribution is 7.21. The Labute approximate surface area is 131 Å². The van der Waals surface area contributed by atoms with E-state index < -0.39 is 5.97 Å². The molecule has 1 heterocycles. The van der Waals surface area contributed by atoms with Gasteiger partial charge in [-0.05, 0) is 12.0 Å². The number of benzene rings is 1. The Morgan fingerprint density at radius 1 is 1.33 bits per heavy atom. The van der Waals surface area contributed by atoms with Gasteiger partial charge in [0.15, 0.2) is 0 Å². The number of rotatable bonds is 5. The molecule has 0 bridgehead atoms. The molecule has 21 heavy (non-hydrogen) atoms. The molecule has 0 atom stereocenters. The fraction of sp³-hybridized carbons (Fsp3) is 0.333. The number of nitrogens with zero attached hydrogens (tertiary/aromatic N) is 1. The van der Waals surface area contributed by atoms with E-state index in [9.17, 15) is 9.59 Å². The van der Waals surface area contributed by atoms with Gasteiger partial charge in [-0.15, -0.1) is 11.3 Å². The van der Waals surface area contributed by atoms with Gasteiger partial charge in [0.25, 0.3) is 5.91 Å². The third-order valence-corrected chi connectivity index (χ3v) is 4.59. The lowest BCUT2D eigenvalue weighted by Crippen LogP contribution is -2.38. The van der Waals surface area contributed by atoms with E-state index >= 15 is 0 Å². The number of hydrogen-bond donors (Lipinski definition) is 1. The van der Waals surface area contributed by atoms with Gasteiger partial charge >= 0.3 is 5.97 Å². The van der Waals surface area contributed by atoms with Crippen molar-refractivity contribution in [2.45, 2.75) is 13.8 Å². The molecule has 2 rings (SSSR count). The summed E-state index contributed by atoms with van der Waals surface area (Å²) in [5.41, 5.74) is 0. The first-order valence-corrected chi connectivity index (χ1v) is 7.77. The highest BCUT2D eigenvalue weighted by Crippen LogP contribution is 2.35. The first kappa shape index (κ1) is 15.8. The Balaban J connectivity index is 2.38. The highest BCUT2D eigenvalue weighted by atomic mass is 35.5. The standard InChI is InChI=1S/C15H16ClNO3S/c1-9(2)7-17(8-12(18)19)15(20)14-13(16)10-5-3-4-6-11(10)21-14/h3-6,9H,7-8H2,1-2H3,(H,18,19). The second kappa shape index (κ2) is 6.45. The summed E-state index contributed by atoms with van der Waals surface area (Å²) < 4.78 is 0.922. The predicted molar refractivity (Wildman–Crippen MR) is 85.2 cm³/mol. The Bertz CT molecular complexity index is 681. The summed E-state index contributed by atoms with van der Waals surface area (Å²) in [6, 6.07) is 7.49. The Kier molecular flexibility index (Phi) is 4.85. The van der Waals surface area contributed by atoms with Crippen LogP contribution in [-0.2, 0) is 4.79 Å². The van der Waals surface area contributed by atoms with Gasteiger partial charge in [0, 0.05) is 16.6 Å². The molecule has 0 aliphatic rings. The molecule has 0 spiro atoms. The van der Waals surface area contributed by atoms with Crippen LogP contribution in [0.15, 0.2) is 24.3 Å². The Morgan fingerprint density at radius 2 is 2.00 bits per heavy atom. The van der Waals surface area contributed by atoms with Gasteiger partial charge < -0.3 is 10.0 Å². The molecule has 0 fully saturated rings. The number of carboxylic acids is 1. The van der Waals surface area contributed by atoms with Gasteiger partial charge in [-0.1, -0.05) is 43.6 Å². The van der Waals surface area contributed by atoms with Crippen molar-refractivity contribution in [3.05, 3.63) is 34.2 Å². The molecule has 1 N–H and O–H groups in total. The topological polar surface area (TPSA) is 57.6 Å². The van der Waals surface area contributed by atoms with Crippen LogP contribution in [0.3, 0.4) is 0 Å². The van der Waals surface area contributed by atoms with E-state index in [0.717, 1.165) is 10.1 Å². The fourth-order valence-corrected chi connectivity index (χ4v) is 3.60. The van der Waals surface area contributed by atoms with E-state index in [2.05, 4.69) is 0 Å². The minimum Gasteiger partial charge on any atom is -0.480 e. The van der Waals surface area contributed by atoms with Crippen LogP contribution in [0.25, 0.3) is 10.1 Å². The lowest BCUT2D eigenvalue weighted by atomic mass is 10.2. The van der Waals surface area contributed by atoms with Gasteiger partial charge in [0.2, 0.25) is 0 Å². The van der Waals surface area contributed by atoms with Crippen molar-refractivity contribution in [3.8, 4) is 0 Å². The largest absolute Gasteiger partial charge is 0.480 e. The second-order valence-electron chi connectivity index (χ2n) is 5.21. The molecule has 112 valence electrons. The Morgan fingerprint density at radius 3 is 2.57 bits per heavy atom. The van der Waals surface area contributed by atoms with Crippen molar-refractivity contribution >= 4 is 44.9 Å². The Hall–Kier alpha value is -1.59. The summed E-state index contributed by atoms with van der Waals surface area (Å²) in [4.78, 5) is 25.3. The smallest absolute Gasteiger partial charge is 0.323 e. The summed E-state index contributed by atoms with van der Waals surface area (Å²) in [5.74, 6) is -1.17. The van der Waals surface area contributed by atoms with Gasteiger partial charge in [0.1, 0.15) is 11.4 Å². The quantitative estimate of drug-likeness (QED) is 0.911. The zero-order valence-electron chi connectivity index (χ0n) is 11.8. The van der Waals surface area contributed by atoms with E-state index in [1.54, 1.807) is 0 Å². The summed E-state index contributed by atoms with van der Waals surface area (Å²) in [5, 5.41) is 10.2. The maximum Gasteiger partial charge on any atom is 0.323 e. The maximum absolute atomic E-state index is 12.6. The average Bonchev–Trinajstić information content (AvgIpc) is 2.74. The molecule has 1 amide bonds. The molecule has 6 heteroatoms. The minimum absolute atomic E-state index is 0.182. The minimum atomic E-state index is -1.03. The number of halogens is 1. The molecule has 4 nitrogen and oxygen atoms in total. The molecule has 2 aromatic rings.